The van der Waals surface area contributed by atoms with Gasteiger partial charge in [-0.15, -0.1) is 0 Å². The monoisotopic (exact) mass is 249 g/mol. The first-order chi connectivity index (χ1) is 8.63. The van der Waals surface area contributed by atoms with E-state index in [0.29, 0.717) is 12.1 Å². The summed E-state index contributed by atoms with van der Waals surface area (Å²) >= 11 is 0. The average Bonchev–Trinajstić information content (AvgIpc) is 2.73. The fraction of sp³-hybridized carbons (Fsp3) is 0.571. The van der Waals surface area contributed by atoms with Crippen LogP contribution in [0.1, 0.15) is 19.4 Å². The molecule has 1 fully saturated rings. The Morgan fingerprint density at radius 2 is 1.94 bits per heavy atom. The first-order valence-corrected chi connectivity index (χ1v) is 6.71. The molecule has 2 aliphatic rings. The Hall–Kier alpha value is -1.29. The molecule has 0 aliphatic carbocycles. The van der Waals surface area contributed by atoms with Crippen LogP contribution in [0.2, 0.25) is 0 Å². The quantitative estimate of drug-likeness (QED) is 0.797. The van der Waals surface area contributed by atoms with Crippen LogP contribution in [0.3, 0.4) is 0 Å². The van der Waals surface area contributed by atoms with Crippen molar-refractivity contribution in [1.82, 2.24) is 5.32 Å². The molecule has 0 unspecified atom stereocenters. The molecule has 1 aromatic carbocycles. The SMILES string of the molecule is C[C@@H]1CN(c2cc3c(cc2F)CCN3)C[C@H](C)N1. The van der Waals surface area contributed by atoms with Crippen molar-refractivity contribution in [2.45, 2.75) is 32.4 Å². The highest BCUT2D eigenvalue weighted by Crippen LogP contribution is 2.31. The summed E-state index contributed by atoms with van der Waals surface area (Å²) in [5.74, 6) is -0.0845. The lowest BCUT2D eigenvalue weighted by Gasteiger charge is -2.38. The molecule has 2 aliphatic heterocycles. The highest BCUT2D eigenvalue weighted by atomic mass is 19.1. The zero-order chi connectivity index (χ0) is 12.7. The predicted octanol–water partition coefficient (Wildman–Crippen LogP) is 1.98. The number of benzene rings is 1. The van der Waals surface area contributed by atoms with Crippen molar-refractivity contribution in [1.29, 1.82) is 0 Å². The van der Waals surface area contributed by atoms with Gasteiger partial charge in [0, 0.05) is 37.4 Å². The second kappa shape index (κ2) is 4.43. The molecule has 1 aromatic rings. The zero-order valence-corrected chi connectivity index (χ0v) is 11.0. The van der Waals surface area contributed by atoms with Gasteiger partial charge in [-0.05, 0) is 38.0 Å². The van der Waals surface area contributed by atoms with E-state index >= 15 is 0 Å². The molecule has 98 valence electrons. The summed E-state index contributed by atoms with van der Waals surface area (Å²) in [5, 5.41) is 6.79. The Balaban J connectivity index is 1.91. The third-order valence-electron chi connectivity index (χ3n) is 3.78. The molecule has 3 rings (SSSR count). The van der Waals surface area contributed by atoms with E-state index in [0.717, 1.165) is 43.0 Å². The van der Waals surface area contributed by atoms with Gasteiger partial charge in [-0.2, -0.15) is 0 Å². The van der Waals surface area contributed by atoms with Crippen LogP contribution in [0.4, 0.5) is 15.8 Å². The number of hydrogen-bond acceptors (Lipinski definition) is 3. The molecule has 2 atom stereocenters. The summed E-state index contributed by atoms with van der Waals surface area (Å²) in [5.41, 5.74) is 2.95. The lowest BCUT2D eigenvalue weighted by Crippen LogP contribution is -2.54. The van der Waals surface area contributed by atoms with Gasteiger partial charge in [0.15, 0.2) is 0 Å². The Bertz CT molecular complexity index is 451. The maximum atomic E-state index is 14.2. The highest BCUT2D eigenvalue weighted by Gasteiger charge is 2.24. The summed E-state index contributed by atoms with van der Waals surface area (Å²) in [6, 6.07) is 4.47. The van der Waals surface area contributed by atoms with Crippen LogP contribution < -0.4 is 15.5 Å². The number of hydrogen-bond donors (Lipinski definition) is 2. The van der Waals surface area contributed by atoms with Crippen LogP contribution >= 0.6 is 0 Å². The van der Waals surface area contributed by atoms with E-state index in [1.165, 1.54) is 0 Å². The number of fused-ring (bicyclic) bond motifs is 1. The van der Waals surface area contributed by atoms with Crippen molar-refractivity contribution in [2.24, 2.45) is 0 Å². The topological polar surface area (TPSA) is 27.3 Å². The Labute approximate surface area is 107 Å². The van der Waals surface area contributed by atoms with E-state index in [1.807, 2.05) is 6.07 Å². The highest BCUT2D eigenvalue weighted by molar-refractivity contribution is 5.65. The van der Waals surface area contributed by atoms with Gasteiger partial charge >= 0.3 is 0 Å². The maximum Gasteiger partial charge on any atom is 0.146 e. The predicted molar refractivity (Wildman–Crippen MR) is 72.9 cm³/mol. The van der Waals surface area contributed by atoms with E-state index in [-0.39, 0.29) is 5.82 Å². The van der Waals surface area contributed by atoms with Gasteiger partial charge in [0.1, 0.15) is 5.82 Å². The molecule has 0 bridgehead atoms. The van der Waals surface area contributed by atoms with E-state index < -0.39 is 0 Å². The van der Waals surface area contributed by atoms with Crippen LogP contribution in [-0.4, -0.2) is 31.7 Å². The van der Waals surface area contributed by atoms with Gasteiger partial charge in [-0.25, -0.2) is 4.39 Å². The molecule has 0 radical (unpaired) electrons. The summed E-state index contributed by atoms with van der Waals surface area (Å²) in [4.78, 5) is 2.15. The first-order valence-electron chi connectivity index (χ1n) is 6.71. The van der Waals surface area contributed by atoms with Gasteiger partial charge in [-0.1, -0.05) is 0 Å². The molecule has 2 N–H and O–H groups in total. The van der Waals surface area contributed by atoms with Gasteiger partial charge in [0.2, 0.25) is 0 Å². The zero-order valence-electron chi connectivity index (χ0n) is 11.0. The minimum absolute atomic E-state index is 0.0845. The van der Waals surface area contributed by atoms with E-state index in [2.05, 4.69) is 29.4 Å². The lowest BCUT2D eigenvalue weighted by atomic mass is 10.1. The molecule has 0 amide bonds. The van der Waals surface area contributed by atoms with Crippen molar-refractivity contribution in [3.63, 3.8) is 0 Å². The van der Waals surface area contributed by atoms with Crippen LogP contribution in [0, 0.1) is 5.82 Å². The molecular weight excluding hydrogens is 229 g/mol. The van der Waals surface area contributed by atoms with Crippen molar-refractivity contribution in [2.75, 3.05) is 29.9 Å². The number of anilines is 2. The largest absolute Gasteiger partial charge is 0.384 e. The molecular formula is C14H20FN3. The molecule has 0 saturated carbocycles. The average molecular weight is 249 g/mol. The van der Waals surface area contributed by atoms with Crippen LogP contribution in [0.15, 0.2) is 12.1 Å². The van der Waals surface area contributed by atoms with Crippen molar-refractivity contribution < 1.29 is 4.39 Å². The fourth-order valence-electron chi connectivity index (χ4n) is 3.07. The Morgan fingerprint density at radius 1 is 1.22 bits per heavy atom. The van der Waals surface area contributed by atoms with Gasteiger partial charge in [0.05, 0.1) is 5.69 Å². The number of nitrogens with zero attached hydrogens (tertiary/aromatic N) is 1. The lowest BCUT2D eigenvalue weighted by molar-refractivity contribution is 0.404. The number of nitrogens with one attached hydrogen (secondary N) is 2. The summed E-state index contributed by atoms with van der Waals surface area (Å²) in [6.07, 6.45) is 0.931. The summed E-state index contributed by atoms with van der Waals surface area (Å²) < 4.78 is 14.2. The Kier molecular flexibility index (Phi) is 2.90. The second-order valence-corrected chi connectivity index (χ2v) is 5.51. The van der Waals surface area contributed by atoms with E-state index in [9.17, 15) is 4.39 Å². The smallest absolute Gasteiger partial charge is 0.146 e. The molecule has 18 heavy (non-hydrogen) atoms. The molecule has 3 nitrogen and oxygen atoms in total. The maximum absolute atomic E-state index is 14.2. The van der Waals surface area contributed by atoms with Crippen LogP contribution in [0.25, 0.3) is 0 Å². The minimum Gasteiger partial charge on any atom is -0.384 e. The number of halogens is 1. The first kappa shape index (κ1) is 11.8. The van der Waals surface area contributed by atoms with E-state index in [1.54, 1.807) is 6.07 Å². The number of rotatable bonds is 1. The molecule has 1 saturated heterocycles. The molecule has 4 heteroatoms. The van der Waals surface area contributed by atoms with Crippen molar-refractivity contribution >= 4 is 11.4 Å². The normalized spacial score (nSPS) is 26.9. The van der Waals surface area contributed by atoms with Gasteiger partial charge in [-0.3, -0.25) is 0 Å². The third-order valence-corrected chi connectivity index (χ3v) is 3.78. The van der Waals surface area contributed by atoms with Gasteiger partial charge < -0.3 is 15.5 Å². The van der Waals surface area contributed by atoms with Crippen molar-refractivity contribution in [3.8, 4) is 0 Å². The second-order valence-electron chi connectivity index (χ2n) is 5.51. The Morgan fingerprint density at radius 3 is 2.67 bits per heavy atom. The standard InChI is InChI=1S/C14H20FN3/c1-9-7-18(8-10(2)17-9)14-6-13-11(3-4-16-13)5-12(14)15/h5-6,9-10,16-17H,3-4,7-8H2,1-2H3/t9-,10+. The van der Waals surface area contributed by atoms with Crippen LogP contribution in [0.5, 0.6) is 0 Å². The fourth-order valence-corrected chi connectivity index (χ4v) is 3.07. The molecule has 0 spiro atoms. The molecule has 2 heterocycles. The van der Waals surface area contributed by atoms with Crippen molar-refractivity contribution in [3.05, 3.63) is 23.5 Å². The molecule has 0 aromatic heterocycles. The van der Waals surface area contributed by atoms with Gasteiger partial charge in [0.25, 0.3) is 0 Å². The number of piperazine rings is 1. The summed E-state index contributed by atoms with van der Waals surface area (Å²) in [6.45, 7) is 6.94. The van der Waals surface area contributed by atoms with E-state index in [4.69, 9.17) is 0 Å². The van der Waals surface area contributed by atoms with Crippen LogP contribution in [-0.2, 0) is 6.42 Å². The third kappa shape index (κ3) is 2.05. The summed E-state index contributed by atoms with van der Waals surface area (Å²) in [7, 11) is 0. The minimum atomic E-state index is -0.0845.